The fraction of sp³-hybridized carbons (Fsp3) is 0.440. The molecule has 3 amide bonds. The number of urea groups is 1. The molecule has 1 spiro atoms. The highest BCUT2D eigenvalue weighted by atomic mass is 32.2. The van der Waals surface area contributed by atoms with E-state index in [9.17, 15) is 9.59 Å². The van der Waals surface area contributed by atoms with Crippen molar-refractivity contribution in [2.24, 2.45) is 0 Å². The Kier molecular flexibility index (Phi) is 7.01. The van der Waals surface area contributed by atoms with Crippen molar-refractivity contribution < 1.29 is 28.5 Å². The number of benzene rings is 2. The number of carbonyl (C=O) groups is 2. The molecule has 3 heterocycles. The molecule has 5 rings (SSSR count). The summed E-state index contributed by atoms with van der Waals surface area (Å²) in [6, 6.07) is 10.5. The third-order valence-electron chi connectivity index (χ3n) is 6.69. The zero-order valence-corrected chi connectivity index (χ0v) is 21.1. The number of anilines is 1. The molecule has 2 saturated heterocycles. The normalized spacial score (nSPS) is 19.7. The molecule has 0 radical (unpaired) electrons. The van der Waals surface area contributed by atoms with Gasteiger partial charge >= 0.3 is 6.03 Å². The fourth-order valence-corrected chi connectivity index (χ4v) is 6.02. The van der Waals surface area contributed by atoms with E-state index in [1.165, 1.54) is 0 Å². The van der Waals surface area contributed by atoms with Crippen molar-refractivity contribution >= 4 is 29.4 Å². The van der Waals surface area contributed by atoms with Gasteiger partial charge in [-0.1, -0.05) is 6.07 Å². The topological polar surface area (TPSA) is 110 Å². The number of carbonyl (C=O) groups excluding carboxylic acids is 2. The Morgan fingerprint density at radius 1 is 1.11 bits per heavy atom. The molecule has 11 heteroatoms. The number of piperidine rings is 1. The molecule has 1 unspecified atom stereocenters. The van der Waals surface area contributed by atoms with Crippen LogP contribution in [0.15, 0.2) is 36.4 Å². The molecule has 192 valence electrons. The van der Waals surface area contributed by atoms with E-state index in [0.717, 1.165) is 24.2 Å². The zero-order chi connectivity index (χ0) is 25.1. The van der Waals surface area contributed by atoms with Crippen LogP contribution in [0.5, 0.6) is 23.0 Å². The lowest BCUT2D eigenvalue weighted by Crippen LogP contribution is -2.54. The largest absolute Gasteiger partial charge is 0.497 e. The molecule has 2 aromatic rings. The molecule has 0 aliphatic carbocycles. The number of ether oxygens (including phenoxy) is 4. The Bertz CT molecular complexity index is 1140. The van der Waals surface area contributed by atoms with Crippen molar-refractivity contribution in [3.05, 3.63) is 42.0 Å². The minimum atomic E-state index is -0.270. The van der Waals surface area contributed by atoms with Crippen LogP contribution in [0.25, 0.3) is 0 Å². The van der Waals surface area contributed by atoms with E-state index >= 15 is 0 Å². The van der Waals surface area contributed by atoms with Gasteiger partial charge in [-0.05, 0) is 42.7 Å². The van der Waals surface area contributed by atoms with Crippen LogP contribution in [0.1, 0.15) is 18.4 Å². The Hall–Kier alpha value is -3.31. The van der Waals surface area contributed by atoms with Gasteiger partial charge in [-0.15, -0.1) is 11.8 Å². The number of rotatable bonds is 6. The smallest absolute Gasteiger partial charge is 0.321 e. The monoisotopic (exact) mass is 514 g/mol. The molecule has 10 nitrogen and oxygen atoms in total. The summed E-state index contributed by atoms with van der Waals surface area (Å²) in [5.41, 5.74) is 1.55. The highest BCUT2D eigenvalue weighted by molar-refractivity contribution is 8.01. The first-order valence-corrected chi connectivity index (χ1v) is 12.8. The molecular formula is C25H30N4O6S. The van der Waals surface area contributed by atoms with Crippen LogP contribution in [0, 0.1) is 0 Å². The van der Waals surface area contributed by atoms with E-state index in [0.29, 0.717) is 48.3 Å². The van der Waals surface area contributed by atoms with Gasteiger partial charge in [0.15, 0.2) is 11.5 Å². The summed E-state index contributed by atoms with van der Waals surface area (Å²) in [6.45, 7) is 1.84. The number of methoxy groups -OCH3 is 2. The molecule has 3 aliphatic rings. The van der Waals surface area contributed by atoms with Crippen molar-refractivity contribution in [3.8, 4) is 23.0 Å². The first-order valence-electron chi connectivity index (χ1n) is 11.8. The summed E-state index contributed by atoms with van der Waals surface area (Å²) in [6.07, 6.45) is 1.52. The Morgan fingerprint density at radius 3 is 2.69 bits per heavy atom. The van der Waals surface area contributed by atoms with E-state index in [2.05, 4.69) is 16.0 Å². The van der Waals surface area contributed by atoms with E-state index in [1.54, 1.807) is 49.1 Å². The van der Waals surface area contributed by atoms with Gasteiger partial charge in [-0.25, -0.2) is 4.79 Å². The van der Waals surface area contributed by atoms with Crippen LogP contribution in [-0.2, 0) is 11.3 Å². The standard InChI is InChI=1S/C25H30N4O6S/c1-32-17-4-5-18(21(12-17)33-2)27-24(31)29-9-7-25(8-10-29)28-19(14-36-25)23(30)26-13-16-3-6-20-22(11-16)35-15-34-20/h3-6,11-12,19,28H,7-10,13-15H2,1-2H3,(H,26,30)(H,27,31). The minimum Gasteiger partial charge on any atom is -0.497 e. The van der Waals surface area contributed by atoms with Gasteiger partial charge in [0.25, 0.3) is 0 Å². The van der Waals surface area contributed by atoms with Gasteiger partial charge in [0.1, 0.15) is 11.5 Å². The molecule has 2 fully saturated rings. The molecular weight excluding hydrogens is 484 g/mol. The van der Waals surface area contributed by atoms with Crippen LogP contribution in [0.4, 0.5) is 10.5 Å². The van der Waals surface area contributed by atoms with Gasteiger partial charge in [0.2, 0.25) is 12.7 Å². The Morgan fingerprint density at radius 2 is 1.92 bits per heavy atom. The quantitative estimate of drug-likeness (QED) is 0.540. The van der Waals surface area contributed by atoms with Crippen LogP contribution >= 0.6 is 11.8 Å². The highest BCUT2D eigenvalue weighted by Crippen LogP contribution is 2.39. The molecule has 0 saturated carbocycles. The van der Waals surface area contributed by atoms with E-state index in [4.69, 9.17) is 18.9 Å². The summed E-state index contributed by atoms with van der Waals surface area (Å²) >= 11 is 1.77. The summed E-state index contributed by atoms with van der Waals surface area (Å²) < 4.78 is 21.3. The van der Waals surface area contributed by atoms with E-state index < -0.39 is 0 Å². The van der Waals surface area contributed by atoms with Crippen molar-refractivity contribution in [1.82, 2.24) is 15.5 Å². The molecule has 0 aromatic heterocycles. The molecule has 3 N–H and O–H groups in total. The summed E-state index contributed by atoms with van der Waals surface area (Å²) in [5.74, 6) is 3.30. The van der Waals surface area contributed by atoms with E-state index in [-0.39, 0.29) is 29.6 Å². The lowest BCUT2D eigenvalue weighted by atomic mass is 10.0. The maximum atomic E-state index is 12.9. The fourth-order valence-electron chi connectivity index (χ4n) is 4.60. The summed E-state index contributed by atoms with van der Waals surface area (Å²) in [4.78, 5) is 27.3. The second kappa shape index (κ2) is 10.4. The maximum Gasteiger partial charge on any atom is 0.321 e. The number of amides is 3. The molecule has 3 aliphatic heterocycles. The van der Waals surface area contributed by atoms with Crippen molar-refractivity contribution in [3.63, 3.8) is 0 Å². The van der Waals surface area contributed by atoms with Crippen LogP contribution < -0.4 is 34.9 Å². The van der Waals surface area contributed by atoms with Crippen LogP contribution in [0.2, 0.25) is 0 Å². The number of likely N-dealkylation sites (tertiary alicyclic amines) is 1. The van der Waals surface area contributed by atoms with Crippen molar-refractivity contribution in [2.45, 2.75) is 30.3 Å². The lowest BCUT2D eigenvalue weighted by molar-refractivity contribution is -0.122. The molecule has 1 atom stereocenters. The third kappa shape index (κ3) is 5.12. The van der Waals surface area contributed by atoms with E-state index in [1.807, 2.05) is 18.2 Å². The Balaban J connectivity index is 1.10. The second-order valence-corrected chi connectivity index (χ2v) is 10.3. The van der Waals surface area contributed by atoms with Gasteiger partial charge in [-0.2, -0.15) is 0 Å². The number of hydrogen-bond donors (Lipinski definition) is 3. The number of fused-ring (bicyclic) bond motifs is 1. The number of hydrogen-bond acceptors (Lipinski definition) is 8. The molecule has 2 aromatic carbocycles. The predicted octanol–water partition coefficient (Wildman–Crippen LogP) is 2.78. The second-order valence-electron chi connectivity index (χ2n) is 8.89. The van der Waals surface area contributed by atoms with Gasteiger partial charge < -0.3 is 34.5 Å². The first-order chi connectivity index (χ1) is 17.5. The maximum absolute atomic E-state index is 12.9. The van der Waals surface area contributed by atoms with Gasteiger partial charge in [0.05, 0.1) is 30.8 Å². The van der Waals surface area contributed by atoms with Gasteiger partial charge in [-0.3, -0.25) is 10.1 Å². The van der Waals surface area contributed by atoms with Crippen molar-refractivity contribution in [2.75, 3.05) is 45.2 Å². The lowest BCUT2D eigenvalue weighted by Gasteiger charge is -2.39. The van der Waals surface area contributed by atoms with Crippen LogP contribution in [0.3, 0.4) is 0 Å². The van der Waals surface area contributed by atoms with Gasteiger partial charge in [0, 0.05) is 31.5 Å². The highest BCUT2D eigenvalue weighted by Gasteiger charge is 2.44. The molecule has 36 heavy (non-hydrogen) atoms. The summed E-state index contributed by atoms with van der Waals surface area (Å²) in [7, 11) is 3.14. The molecule has 0 bridgehead atoms. The summed E-state index contributed by atoms with van der Waals surface area (Å²) in [5, 5.41) is 9.49. The van der Waals surface area contributed by atoms with Crippen LogP contribution in [-0.4, -0.2) is 67.6 Å². The van der Waals surface area contributed by atoms with Crippen molar-refractivity contribution in [1.29, 1.82) is 0 Å². The average Bonchev–Trinajstić information content (AvgIpc) is 3.55. The number of nitrogens with one attached hydrogen (secondary N) is 3. The number of nitrogens with zero attached hydrogens (tertiary/aromatic N) is 1. The average molecular weight is 515 g/mol. The first kappa shape index (κ1) is 24.4. The zero-order valence-electron chi connectivity index (χ0n) is 20.3. The number of thioether (sulfide) groups is 1. The Labute approximate surface area is 214 Å². The minimum absolute atomic E-state index is 0.0242. The SMILES string of the molecule is COc1ccc(NC(=O)N2CCC3(CC2)NC(C(=O)NCc2ccc4c(c2)OCO4)CS3)c(OC)c1. The predicted molar refractivity (Wildman–Crippen MR) is 136 cm³/mol. The third-order valence-corrected chi connectivity index (χ3v) is 8.27.